The van der Waals surface area contributed by atoms with Gasteiger partial charge in [0.15, 0.2) is 17.3 Å². The highest BCUT2D eigenvalue weighted by Gasteiger charge is 2.35. The molecule has 0 heterocycles. The van der Waals surface area contributed by atoms with Crippen LogP contribution in [0.3, 0.4) is 0 Å². The summed E-state index contributed by atoms with van der Waals surface area (Å²) in [6, 6.07) is 6.85. The second-order valence-electron chi connectivity index (χ2n) is 4.49. The van der Waals surface area contributed by atoms with Crippen molar-refractivity contribution in [3.63, 3.8) is 0 Å². The van der Waals surface area contributed by atoms with Gasteiger partial charge in [-0.1, -0.05) is 23.7 Å². The molecular weight excluding hydrogens is 252 g/mol. The van der Waals surface area contributed by atoms with Crippen molar-refractivity contribution in [3.8, 4) is 0 Å². The molecule has 0 spiro atoms. The number of hydrogen-bond donors (Lipinski definition) is 0. The Morgan fingerprint density at radius 3 is 2.22 bits per heavy atom. The van der Waals surface area contributed by atoms with Gasteiger partial charge in [0.05, 0.1) is 0 Å². The summed E-state index contributed by atoms with van der Waals surface area (Å²) in [7, 11) is 0. The average molecular weight is 265 g/mol. The minimum atomic E-state index is -1.03. The molecule has 0 radical (unpaired) electrons. The molecule has 0 aliphatic heterocycles. The largest absolute Gasteiger partial charge is 0.298 e. The van der Waals surface area contributed by atoms with Gasteiger partial charge >= 0.3 is 0 Å². The molecule has 0 amide bonds. The molecule has 0 atom stereocenters. The third-order valence-electron chi connectivity index (χ3n) is 3.10. The zero-order chi connectivity index (χ0) is 13.1. The first kappa shape index (κ1) is 13.0. The van der Waals surface area contributed by atoms with Crippen LogP contribution in [0.25, 0.3) is 0 Å². The maximum Gasteiger partial charge on any atom is 0.155 e. The highest BCUT2D eigenvalue weighted by molar-refractivity contribution is 6.30. The van der Waals surface area contributed by atoms with E-state index < -0.39 is 5.92 Å². The second kappa shape index (κ2) is 5.44. The third kappa shape index (κ3) is 2.85. The molecule has 94 valence electrons. The summed E-state index contributed by atoms with van der Waals surface area (Å²) in [5.41, 5.74) is 0.774. The minimum Gasteiger partial charge on any atom is -0.298 e. The van der Waals surface area contributed by atoms with Crippen LogP contribution in [0.1, 0.15) is 24.8 Å². The number of halogens is 1. The quantitative estimate of drug-likeness (QED) is 0.788. The Balaban J connectivity index is 2.09. The Labute approximate surface area is 110 Å². The van der Waals surface area contributed by atoms with E-state index in [0.717, 1.165) is 5.56 Å². The van der Waals surface area contributed by atoms with Crippen molar-refractivity contribution >= 4 is 29.0 Å². The molecule has 1 saturated carbocycles. The van der Waals surface area contributed by atoms with E-state index in [1.807, 2.05) is 0 Å². The lowest BCUT2D eigenvalue weighted by Gasteiger charge is -2.18. The zero-order valence-corrected chi connectivity index (χ0v) is 10.6. The van der Waals surface area contributed by atoms with Crippen molar-refractivity contribution in [2.45, 2.75) is 25.7 Å². The Morgan fingerprint density at radius 2 is 1.67 bits per heavy atom. The average Bonchev–Trinajstić information content (AvgIpc) is 2.32. The molecule has 1 fully saturated rings. The van der Waals surface area contributed by atoms with Gasteiger partial charge in [-0.25, -0.2) is 0 Å². The predicted molar refractivity (Wildman–Crippen MR) is 67.5 cm³/mol. The van der Waals surface area contributed by atoms with E-state index in [4.69, 9.17) is 11.6 Å². The number of carbonyl (C=O) groups excluding carboxylic acids is 3. The molecule has 4 heteroatoms. The molecule has 1 aromatic rings. The Morgan fingerprint density at radius 1 is 1.11 bits per heavy atom. The fourth-order valence-electron chi connectivity index (χ4n) is 2.17. The maximum absolute atomic E-state index is 12.0. The van der Waals surface area contributed by atoms with Crippen molar-refractivity contribution in [1.29, 1.82) is 0 Å². The van der Waals surface area contributed by atoms with E-state index in [-0.39, 0.29) is 23.8 Å². The number of ketones is 3. The van der Waals surface area contributed by atoms with Gasteiger partial charge in [0.25, 0.3) is 0 Å². The van der Waals surface area contributed by atoms with Crippen LogP contribution < -0.4 is 0 Å². The molecule has 0 unspecified atom stereocenters. The smallest absolute Gasteiger partial charge is 0.155 e. The van der Waals surface area contributed by atoms with Crippen LogP contribution in [0.2, 0.25) is 5.02 Å². The molecule has 1 aliphatic carbocycles. The van der Waals surface area contributed by atoms with E-state index >= 15 is 0 Å². The standard InChI is InChI=1S/C14H13ClO3/c15-10-6-4-9(5-7-10)8-13(18)14-11(16)2-1-3-12(14)17/h4-7,14H,1-3,8H2. The van der Waals surface area contributed by atoms with Crippen LogP contribution in [0.5, 0.6) is 0 Å². The molecule has 0 saturated heterocycles. The van der Waals surface area contributed by atoms with Crippen molar-refractivity contribution in [2.24, 2.45) is 5.92 Å². The topological polar surface area (TPSA) is 51.2 Å². The van der Waals surface area contributed by atoms with E-state index in [9.17, 15) is 14.4 Å². The van der Waals surface area contributed by atoms with Crippen molar-refractivity contribution in [3.05, 3.63) is 34.9 Å². The lowest BCUT2D eigenvalue weighted by atomic mass is 9.82. The summed E-state index contributed by atoms with van der Waals surface area (Å²) in [6.45, 7) is 0. The van der Waals surface area contributed by atoms with Crippen molar-refractivity contribution in [1.82, 2.24) is 0 Å². The Hall–Kier alpha value is -1.48. The summed E-state index contributed by atoms with van der Waals surface area (Å²) in [4.78, 5) is 35.3. The van der Waals surface area contributed by atoms with Gasteiger partial charge in [-0.15, -0.1) is 0 Å². The maximum atomic E-state index is 12.0. The highest BCUT2D eigenvalue weighted by Crippen LogP contribution is 2.20. The molecule has 0 N–H and O–H groups in total. The van der Waals surface area contributed by atoms with Gasteiger partial charge in [0.2, 0.25) is 0 Å². The van der Waals surface area contributed by atoms with Gasteiger partial charge in [0.1, 0.15) is 5.92 Å². The van der Waals surface area contributed by atoms with Crippen molar-refractivity contribution in [2.75, 3.05) is 0 Å². The van der Waals surface area contributed by atoms with E-state index in [0.29, 0.717) is 24.3 Å². The SMILES string of the molecule is O=C1CCCC(=O)C1C(=O)Cc1ccc(Cl)cc1. The van der Waals surface area contributed by atoms with Gasteiger partial charge in [-0.2, -0.15) is 0 Å². The first-order valence-electron chi connectivity index (χ1n) is 5.90. The van der Waals surface area contributed by atoms with Gasteiger partial charge in [0, 0.05) is 24.3 Å². The van der Waals surface area contributed by atoms with Crippen LogP contribution in [0.15, 0.2) is 24.3 Å². The molecule has 1 aliphatic rings. The van der Waals surface area contributed by atoms with Crippen LogP contribution in [0.4, 0.5) is 0 Å². The summed E-state index contributed by atoms with van der Waals surface area (Å²) in [6.07, 6.45) is 1.35. The molecule has 2 rings (SSSR count). The van der Waals surface area contributed by atoms with Crippen molar-refractivity contribution < 1.29 is 14.4 Å². The molecule has 1 aromatic carbocycles. The first-order chi connectivity index (χ1) is 8.58. The zero-order valence-electron chi connectivity index (χ0n) is 9.82. The first-order valence-corrected chi connectivity index (χ1v) is 6.28. The van der Waals surface area contributed by atoms with Crippen LogP contribution in [0, 0.1) is 5.92 Å². The molecular formula is C14H13ClO3. The van der Waals surface area contributed by atoms with Gasteiger partial charge in [-0.05, 0) is 24.1 Å². The normalized spacial score (nSPS) is 16.9. The number of hydrogen-bond acceptors (Lipinski definition) is 3. The van der Waals surface area contributed by atoms with Crippen LogP contribution >= 0.6 is 11.6 Å². The summed E-state index contributed by atoms with van der Waals surface area (Å²) < 4.78 is 0. The summed E-state index contributed by atoms with van der Waals surface area (Å²) in [5.74, 6) is -1.79. The van der Waals surface area contributed by atoms with E-state index in [2.05, 4.69) is 0 Å². The minimum absolute atomic E-state index is 0.110. The van der Waals surface area contributed by atoms with Crippen LogP contribution in [-0.2, 0) is 20.8 Å². The fraction of sp³-hybridized carbons (Fsp3) is 0.357. The monoisotopic (exact) mass is 264 g/mol. The number of rotatable bonds is 3. The number of carbonyl (C=O) groups is 3. The van der Waals surface area contributed by atoms with E-state index in [1.165, 1.54) is 0 Å². The Bertz CT molecular complexity index is 474. The molecule has 18 heavy (non-hydrogen) atoms. The third-order valence-corrected chi connectivity index (χ3v) is 3.36. The second-order valence-corrected chi connectivity index (χ2v) is 4.93. The Kier molecular flexibility index (Phi) is 3.92. The number of Topliss-reactive ketones (excluding diaryl/α,β-unsaturated/α-hetero) is 3. The number of benzene rings is 1. The fourth-order valence-corrected chi connectivity index (χ4v) is 2.30. The van der Waals surface area contributed by atoms with Gasteiger partial charge < -0.3 is 0 Å². The molecule has 0 bridgehead atoms. The predicted octanol–water partition coefficient (Wildman–Crippen LogP) is 2.39. The lowest BCUT2D eigenvalue weighted by Crippen LogP contribution is -2.36. The van der Waals surface area contributed by atoms with Gasteiger partial charge in [-0.3, -0.25) is 14.4 Å². The summed E-state index contributed by atoms with van der Waals surface area (Å²) >= 11 is 5.75. The lowest BCUT2D eigenvalue weighted by molar-refractivity contribution is -0.141. The molecule has 3 nitrogen and oxygen atoms in total. The summed E-state index contributed by atoms with van der Waals surface area (Å²) in [5, 5.41) is 0.594. The molecule has 0 aromatic heterocycles. The highest BCUT2D eigenvalue weighted by atomic mass is 35.5. The van der Waals surface area contributed by atoms with E-state index in [1.54, 1.807) is 24.3 Å². The van der Waals surface area contributed by atoms with Crippen LogP contribution in [-0.4, -0.2) is 17.3 Å².